The fourth-order valence-corrected chi connectivity index (χ4v) is 1.37. The minimum atomic E-state index is -0.473. The molecule has 2 rings (SSSR count). The predicted molar refractivity (Wildman–Crippen MR) is 60.4 cm³/mol. The van der Waals surface area contributed by atoms with Crippen LogP contribution < -0.4 is 16.8 Å². The maximum Gasteiger partial charge on any atom is 0.417 e. The molecule has 86 valence electrons. The predicted octanol–water partition coefficient (Wildman–Crippen LogP) is -0.147. The summed E-state index contributed by atoms with van der Waals surface area (Å²) in [6, 6.07) is 4.94. The molecule has 1 aromatic heterocycles. The Balaban J connectivity index is 2.16. The van der Waals surface area contributed by atoms with Crippen LogP contribution in [-0.2, 0) is 0 Å². The number of benzene rings is 1. The van der Waals surface area contributed by atoms with E-state index >= 15 is 0 Å². The number of H-pyrrole nitrogens is 1. The Morgan fingerprint density at radius 2 is 2.38 bits per heavy atom. The third-order valence-corrected chi connectivity index (χ3v) is 2.22. The van der Waals surface area contributed by atoms with Gasteiger partial charge in [0.1, 0.15) is 0 Å². The zero-order valence-corrected chi connectivity index (χ0v) is 8.56. The minimum absolute atomic E-state index is 0.0749. The molecule has 0 aliphatic heterocycles. The summed E-state index contributed by atoms with van der Waals surface area (Å²) in [5.41, 5.74) is 7.48. The first-order valence-corrected chi connectivity index (χ1v) is 4.92. The van der Waals surface area contributed by atoms with Crippen LogP contribution in [0.5, 0.6) is 0 Å². The third kappa shape index (κ3) is 2.23. The molecule has 0 aliphatic carbocycles. The molecular weight excluding hydrogens is 210 g/mol. The topological polar surface area (TPSA) is 104 Å². The number of aromatic amines is 1. The second-order valence-electron chi connectivity index (χ2n) is 3.55. The molecule has 2 aromatic rings. The highest BCUT2D eigenvalue weighted by molar-refractivity contribution is 5.76. The first kappa shape index (κ1) is 10.7. The van der Waals surface area contributed by atoms with Gasteiger partial charge in [-0.25, -0.2) is 4.79 Å². The molecule has 0 aliphatic rings. The van der Waals surface area contributed by atoms with Crippen molar-refractivity contribution in [2.24, 2.45) is 5.73 Å². The quantitative estimate of drug-likeness (QED) is 0.577. The normalized spacial score (nSPS) is 12.9. The number of nitrogens with one attached hydrogen (secondary N) is 2. The molecule has 0 amide bonds. The average molecular weight is 223 g/mol. The molecule has 16 heavy (non-hydrogen) atoms. The van der Waals surface area contributed by atoms with Crippen LogP contribution in [0.1, 0.15) is 0 Å². The van der Waals surface area contributed by atoms with E-state index in [9.17, 15) is 4.79 Å². The Bertz CT molecular complexity index is 531. The molecule has 5 N–H and O–H groups in total. The van der Waals surface area contributed by atoms with Gasteiger partial charge in [-0.1, -0.05) is 0 Å². The minimum Gasteiger partial charge on any atom is -0.408 e. The lowest BCUT2D eigenvalue weighted by Crippen LogP contribution is -2.32. The summed E-state index contributed by atoms with van der Waals surface area (Å²) in [7, 11) is 0. The molecule has 0 saturated heterocycles. The van der Waals surface area contributed by atoms with Crippen molar-refractivity contribution in [2.75, 3.05) is 18.5 Å². The van der Waals surface area contributed by atoms with Gasteiger partial charge >= 0.3 is 5.76 Å². The lowest BCUT2D eigenvalue weighted by molar-refractivity contribution is 0.270. The molecule has 1 aromatic carbocycles. The highest BCUT2D eigenvalue weighted by atomic mass is 16.4. The van der Waals surface area contributed by atoms with Gasteiger partial charge in [-0.05, 0) is 12.1 Å². The molecule has 0 spiro atoms. The van der Waals surface area contributed by atoms with Gasteiger partial charge in [-0.15, -0.1) is 0 Å². The second kappa shape index (κ2) is 4.38. The summed E-state index contributed by atoms with van der Waals surface area (Å²) in [6.45, 7) is 0.380. The van der Waals surface area contributed by atoms with Crippen molar-refractivity contribution in [3.05, 3.63) is 28.7 Å². The number of fused-ring (bicyclic) bond motifs is 1. The first-order valence-electron chi connectivity index (χ1n) is 4.92. The Hall–Kier alpha value is -1.79. The van der Waals surface area contributed by atoms with Crippen molar-refractivity contribution < 1.29 is 9.52 Å². The Labute approximate surface area is 91.1 Å². The molecule has 1 unspecified atom stereocenters. The standard InChI is InChI=1S/C10H13N3O3/c11-6(5-14)4-12-7-1-2-8-9(3-7)16-10(15)13-8/h1-3,6,12,14H,4-5,11H2,(H,13,15). The van der Waals surface area contributed by atoms with Gasteiger partial charge in [0.25, 0.3) is 0 Å². The largest absolute Gasteiger partial charge is 0.417 e. The van der Waals surface area contributed by atoms with Crippen molar-refractivity contribution in [2.45, 2.75) is 6.04 Å². The fourth-order valence-electron chi connectivity index (χ4n) is 1.37. The smallest absolute Gasteiger partial charge is 0.408 e. The molecule has 6 nitrogen and oxygen atoms in total. The number of aliphatic hydroxyl groups is 1. The van der Waals surface area contributed by atoms with Gasteiger partial charge < -0.3 is 20.6 Å². The van der Waals surface area contributed by atoms with E-state index in [1.54, 1.807) is 18.2 Å². The van der Waals surface area contributed by atoms with E-state index in [2.05, 4.69) is 10.3 Å². The van der Waals surface area contributed by atoms with Gasteiger partial charge in [-0.3, -0.25) is 4.98 Å². The lowest BCUT2D eigenvalue weighted by Gasteiger charge is -2.10. The van der Waals surface area contributed by atoms with Gasteiger partial charge in [0.05, 0.1) is 12.1 Å². The number of anilines is 1. The van der Waals surface area contributed by atoms with Crippen molar-refractivity contribution in [3.63, 3.8) is 0 Å². The monoisotopic (exact) mass is 223 g/mol. The first-order chi connectivity index (χ1) is 7.69. The van der Waals surface area contributed by atoms with E-state index in [0.717, 1.165) is 5.69 Å². The van der Waals surface area contributed by atoms with Crippen molar-refractivity contribution in [1.29, 1.82) is 0 Å². The molecule has 0 bridgehead atoms. The highest BCUT2D eigenvalue weighted by Gasteiger charge is 2.03. The second-order valence-corrected chi connectivity index (χ2v) is 3.55. The van der Waals surface area contributed by atoms with Crippen molar-refractivity contribution in [1.82, 2.24) is 4.98 Å². The number of aromatic nitrogens is 1. The molecule has 0 radical (unpaired) electrons. The van der Waals surface area contributed by atoms with Crippen molar-refractivity contribution in [3.8, 4) is 0 Å². The molecule has 1 heterocycles. The van der Waals surface area contributed by atoms with Crippen LogP contribution in [0.3, 0.4) is 0 Å². The zero-order chi connectivity index (χ0) is 11.5. The van der Waals surface area contributed by atoms with Crippen LogP contribution in [0.4, 0.5) is 5.69 Å². The fraction of sp³-hybridized carbons (Fsp3) is 0.300. The van der Waals surface area contributed by atoms with E-state index < -0.39 is 5.76 Å². The summed E-state index contributed by atoms with van der Waals surface area (Å²) in [6.07, 6.45) is 0. The number of nitrogens with two attached hydrogens (primary N) is 1. The van der Waals surface area contributed by atoms with Crippen LogP contribution in [0.2, 0.25) is 0 Å². The summed E-state index contributed by atoms with van der Waals surface area (Å²) < 4.78 is 4.91. The van der Waals surface area contributed by atoms with Crippen LogP contribution >= 0.6 is 0 Å². The van der Waals surface area contributed by atoms with E-state index in [1.807, 2.05) is 0 Å². The summed E-state index contributed by atoms with van der Waals surface area (Å²) in [5.74, 6) is -0.473. The van der Waals surface area contributed by atoms with Crippen molar-refractivity contribution >= 4 is 16.8 Å². The SMILES string of the molecule is NC(CO)CNc1ccc2[nH]c(=O)oc2c1. The molecule has 0 saturated carbocycles. The van der Waals surface area contributed by atoms with Crippen LogP contribution in [0, 0.1) is 0 Å². The number of rotatable bonds is 4. The zero-order valence-electron chi connectivity index (χ0n) is 8.56. The summed E-state index contributed by atoms with van der Waals surface area (Å²) in [4.78, 5) is 13.5. The van der Waals surface area contributed by atoms with E-state index in [-0.39, 0.29) is 12.6 Å². The van der Waals surface area contributed by atoms with Gasteiger partial charge in [0.15, 0.2) is 5.58 Å². The number of hydrogen-bond acceptors (Lipinski definition) is 5. The summed E-state index contributed by atoms with van der Waals surface area (Å²) >= 11 is 0. The molecular formula is C10H13N3O3. The molecule has 6 heteroatoms. The Morgan fingerprint density at radius 1 is 1.56 bits per heavy atom. The molecule has 0 fully saturated rings. The van der Waals surface area contributed by atoms with Gasteiger partial charge in [0.2, 0.25) is 0 Å². The molecule has 1 atom stereocenters. The van der Waals surface area contributed by atoms with Crippen LogP contribution in [0.25, 0.3) is 11.1 Å². The Kier molecular flexibility index (Phi) is 2.93. The Morgan fingerprint density at radius 3 is 3.12 bits per heavy atom. The maximum absolute atomic E-state index is 10.9. The van der Waals surface area contributed by atoms with Crippen LogP contribution in [-0.4, -0.2) is 29.3 Å². The number of oxazole rings is 1. The summed E-state index contributed by atoms with van der Waals surface area (Å²) in [5, 5.41) is 11.8. The van der Waals surface area contributed by atoms with Gasteiger partial charge in [-0.2, -0.15) is 0 Å². The average Bonchev–Trinajstić information content (AvgIpc) is 2.65. The van der Waals surface area contributed by atoms with E-state index in [4.69, 9.17) is 15.3 Å². The van der Waals surface area contributed by atoms with Gasteiger partial charge in [0, 0.05) is 24.3 Å². The number of aliphatic hydroxyl groups excluding tert-OH is 1. The van der Waals surface area contributed by atoms with Crippen LogP contribution in [0.15, 0.2) is 27.4 Å². The number of hydrogen-bond donors (Lipinski definition) is 4. The maximum atomic E-state index is 10.9. The lowest BCUT2D eigenvalue weighted by atomic mass is 10.2. The third-order valence-electron chi connectivity index (χ3n) is 2.22. The van der Waals surface area contributed by atoms with E-state index in [1.165, 1.54) is 0 Å². The highest BCUT2D eigenvalue weighted by Crippen LogP contribution is 2.15. The van der Waals surface area contributed by atoms with E-state index in [0.29, 0.717) is 17.6 Å².